The van der Waals surface area contributed by atoms with E-state index in [1.807, 2.05) is 32.0 Å². The fourth-order valence-electron chi connectivity index (χ4n) is 3.43. The predicted molar refractivity (Wildman–Crippen MR) is 114 cm³/mol. The maximum atomic E-state index is 12.9. The summed E-state index contributed by atoms with van der Waals surface area (Å²) in [6, 6.07) is 10.4. The standard InChI is InChI=1S/C20H17Cl2N3O3S/c1-11-3-6-18(12(2)7-11)25-19(15-9-29(27,28)10-17(15)24-25)23-20(26)14-8-13(21)4-5-16(14)22/h3-8H,9-10H2,1-2H3,(H,23,26). The van der Waals surface area contributed by atoms with E-state index in [1.54, 1.807) is 10.7 Å². The van der Waals surface area contributed by atoms with Crippen molar-refractivity contribution in [2.45, 2.75) is 25.4 Å². The average Bonchev–Trinajstić information content (AvgIpc) is 3.09. The monoisotopic (exact) mass is 449 g/mol. The molecule has 6 nitrogen and oxygen atoms in total. The normalized spacial score (nSPS) is 14.6. The fourth-order valence-corrected chi connectivity index (χ4v) is 5.30. The van der Waals surface area contributed by atoms with Crippen LogP contribution in [0.1, 0.15) is 32.7 Å². The minimum atomic E-state index is -3.29. The number of nitrogens with one attached hydrogen (secondary N) is 1. The number of benzene rings is 2. The van der Waals surface area contributed by atoms with Crippen LogP contribution in [0.2, 0.25) is 10.0 Å². The zero-order valence-electron chi connectivity index (χ0n) is 15.7. The minimum Gasteiger partial charge on any atom is -0.306 e. The van der Waals surface area contributed by atoms with Gasteiger partial charge in [-0.05, 0) is 43.7 Å². The molecule has 2 aromatic carbocycles. The van der Waals surface area contributed by atoms with Gasteiger partial charge in [0.25, 0.3) is 5.91 Å². The third-order valence-corrected chi connectivity index (χ3v) is 6.78. The molecule has 0 fully saturated rings. The lowest BCUT2D eigenvalue weighted by Gasteiger charge is -2.14. The second-order valence-corrected chi connectivity index (χ2v) is 9.99. The van der Waals surface area contributed by atoms with E-state index in [0.717, 1.165) is 16.8 Å². The van der Waals surface area contributed by atoms with Crippen molar-refractivity contribution in [3.8, 4) is 5.69 Å². The molecule has 150 valence electrons. The highest BCUT2D eigenvalue weighted by molar-refractivity contribution is 7.90. The van der Waals surface area contributed by atoms with Gasteiger partial charge in [-0.25, -0.2) is 13.1 Å². The number of nitrogens with zero attached hydrogens (tertiary/aromatic N) is 2. The highest BCUT2D eigenvalue weighted by Crippen LogP contribution is 2.34. The van der Waals surface area contributed by atoms with Crippen LogP contribution in [0, 0.1) is 13.8 Å². The minimum absolute atomic E-state index is 0.152. The van der Waals surface area contributed by atoms with Gasteiger partial charge < -0.3 is 5.32 Å². The van der Waals surface area contributed by atoms with Crippen LogP contribution < -0.4 is 5.32 Å². The van der Waals surface area contributed by atoms with E-state index in [2.05, 4.69) is 10.4 Å². The Kier molecular flexibility index (Phi) is 4.93. The zero-order chi connectivity index (χ0) is 20.9. The third kappa shape index (κ3) is 3.77. The van der Waals surface area contributed by atoms with E-state index in [4.69, 9.17) is 23.2 Å². The van der Waals surface area contributed by atoms with Gasteiger partial charge in [0, 0.05) is 10.6 Å². The van der Waals surface area contributed by atoms with Crippen molar-refractivity contribution < 1.29 is 13.2 Å². The number of anilines is 1. The largest absolute Gasteiger partial charge is 0.306 e. The van der Waals surface area contributed by atoms with Crippen LogP contribution in [0.25, 0.3) is 5.69 Å². The van der Waals surface area contributed by atoms with Gasteiger partial charge in [0.2, 0.25) is 0 Å². The molecule has 0 atom stereocenters. The number of halogens is 2. The number of amides is 1. The number of rotatable bonds is 3. The van der Waals surface area contributed by atoms with Gasteiger partial charge >= 0.3 is 0 Å². The summed E-state index contributed by atoms with van der Waals surface area (Å²) in [6.07, 6.45) is 0. The predicted octanol–water partition coefficient (Wildman–Crippen LogP) is 4.48. The molecule has 9 heteroatoms. The molecule has 0 saturated carbocycles. The Bertz CT molecular complexity index is 1270. The molecule has 29 heavy (non-hydrogen) atoms. The summed E-state index contributed by atoms with van der Waals surface area (Å²) in [4.78, 5) is 12.9. The van der Waals surface area contributed by atoms with Crippen molar-refractivity contribution in [2.75, 3.05) is 5.32 Å². The Morgan fingerprint density at radius 2 is 1.86 bits per heavy atom. The molecule has 0 spiro atoms. The topological polar surface area (TPSA) is 81.1 Å². The first-order valence-corrected chi connectivity index (χ1v) is 11.4. The molecule has 1 aromatic heterocycles. The van der Waals surface area contributed by atoms with Crippen LogP contribution in [-0.4, -0.2) is 24.1 Å². The number of aromatic nitrogens is 2. The molecule has 0 radical (unpaired) electrons. The van der Waals surface area contributed by atoms with Crippen LogP contribution >= 0.6 is 23.2 Å². The summed E-state index contributed by atoms with van der Waals surface area (Å²) in [7, 11) is -3.29. The van der Waals surface area contributed by atoms with Crippen LogP contribution in [0.3, 0.4) is 0 Å². The van der Waals surface area contributed by atoms with E-state index in [0.29, 0.717) is 22.1 Å². The SMILES string of the molecule is Cc1ccc(-n2nc3c(c2NC(=O)c2cc(Cl)ccc2Cl)CS(=O)(=O)C3)c(C)c1. The Balaban J connectivity index is 1.83. The Morgan fingerprint density at radius 3 is 2.59 bits per heavy atom. The molecule has 1 aliphatic rings. The van der Waals surface area contributed by atoms with Crippen molar-refractivity contribution in [2.24, 2.45) is 0 Å². The molecule has 0 bridgehead atoms. The number of fused-ring (bicyclic) bond motifs is 1. The second kappa shape index (κ2) is 7.16. The number of carbonyl (C=O) groups is 1. The van der Waals surface area contributed by atoms with Gasteiger partial charge in [0.15, 0.2) is 9.84 Å². The lowest BCUT2D eigenvalue weighted by Crippen LogP contribution is -2.17. The second-order valence-electron chi connectivity index (χ2n) is 7.09. The Hall–Kier alpha value is -2.35. The molecule has 4 rings (SSSR count). The number of carbonyl (C=O) groups excluding carboxylic acids is 1. The average molecular weight is 450 g/mol. The maximum absolute atomic E-state index is 12.9. The Labute approximate surface area is 178 Å². The first-order valence-electron chi connectivity index (χ1n) is 8.80. The lowest BCUT2D eigenvalue weighted by molar-refractivity contribution is 0.102. The van der Waals surface area contributed by atoms with Gasteiger partial charge in [-0.3, -0.25) is 4.79 Å². The van der Waals surface area contributed by atoms with Gasteiger partial charge in [-0.2, -0.15) is 5.10 Å². The van der Waals surface area contributed by atoms with Gasteiger partial charge in [0.1, 0.15) is 5.82 Å². The van der Waals surface area contributed by atoms with Crippen molar-refractivity contribution in [1.29, 1.82) is 0 Å². The van der Waals surface area contributed by atoms with E-state index < -0.39 is 15.7 Å². The van der Waals surface area contributed by atoms with E-state index in [1.165, 1.54) is 12.1 Å². The third-order valence-electron chi connectivity index (χ3n) is 4.77. The van der Waals surface area contributed by atoms with E-state index >= 15 is 0 Å². The number of aryl methyl sites for hydroxylation is 2. The lowest BCUT2D eigenvalue weighted by atomic mass is 10.1. The summed E-state index contributed by atoms with van der Waals surface area (Å²) >= 11 is 12.2. The fraction of sp³-hybridized carbons (Fsp3) is 0.200. The molecule has 1 aliphatic heterocycles. The van der Waals surface area contributed by atoms with Crippen LogP contribution in [0.5, 0.6) is 0 Å². The van der Waals surface area contributed by atoms with Crippen molar-refractivity contribution >= 4 is 44.8 Å². The molecule has 2 heterocycles. The summed E-state index contributed by atoms with van der Waals surface area (Å²) in [5.41, 5.74) is 3.93. The smallest absolute Gasteiger partial charge is 0.258 e. The summed E-state index contributed by atoms with van der Waals surface area (Å²) in [5, 5.41) is 7.92. The van der Waals surface area contributed by atoms with Crippen LogP contribution in [-0.2, 0) is 21.3 Å². The summed E-state index contributed by atoms with van der Waals surface area (Å²) in [5.74, 6) is -0.489. The molecular formula is C20H17Cl2N3O3S. The molecule has 0 aliphatic carbocycles. The molecule has 1 N–H and O–H groups in total. The molecule has 0 unspecified atom stereocenters. The zero-order valence-corrected chi connectivity index (χ0v) is 18.0. The quantitative estimate of drug-likeness (QED) is 0.638. The Morgan fingerprint density at radius 1 is 1.10 bits per heavy atom. The molecular weight excluding hydrogens is 433 g/mol. The number of hydrogen-bond donors (Lipinski definition) is 1. The van der Waals surface area contributed by atoms with Crippen LogP contribution in [0.15, 0.2) is 36.4 Å². The van der Waals surface area contributed by atoms with Gasteiger partial charge in [0.05, 0.1) is 33.5 Å². The van der Waals surface area contributed by atoms with E-state index in [9.17, 15) is 13.2 Å². The molecule has 3 aromatic rings. The number of hydrogen-bond acceptors (Lipinski definition) is 4. The molecule has 0 saturated heterocycles. The van der Waals surface area contributed by atoms with Crippen LogP contribution in [0.4, 0.5) is 5.82 Å². The maximum Gasteiger partial charge on any atom is 0.258 e. The van der Waals surface area contributed by atoms with Gasteiger partial charge in [-0.15, -0.1) is 0 Å². The highest BCUT2D eigenvalue weighted by atomic mass is 35.5. The first kappa shape index (κ1) is 19.9. The van der Waals surface area contributed by atoms with Crippen molar-refractivity contribution in [3.63, 3.8) is 0 Å². The summed E-state index contributed by atoms with van der Waals surface area (Å²) < 4.78 is 25.8. The van der Waals surface area contributed by atoms with Crippen molar-refractivity contribution in [1.82, 2.24) is 9.78 Å². The summed E-state index contributed by atoms with van der Waals surface area (Å²) in [6.45, 7) is 3.92. The first-order chi connectivity index (χ1) is 13.6. The number of sulfone groups is 1. The van der Waals surface area contributed by atoms with E-state index in [-0.39, 0.29) is 22.1 Å². The van der Waals surface area contributed by atoms with Gasteiger partial charge in [-0.1, -0.05) is 40.9 Å². The van der Waals surface area contributed by atoms with Crippen molar-refractivity contribution in [3.05, 3.63) is 74.4 Å². The molecule has 1 amide bonds. The highest BCUT2D eigenvalue weighted by Gasteiger charge is 2.33.